The van der Waals surface area contributed by atoms with E-state index < -0.39 is 12.2 Å². The third-order valence-corrected chi connectivity index (χ3v) is 7.80. The first-order valence-electron chi connectivity index (χ1n) is 15.7. The maximum atomic E-state index is 13.5. The molecule has 12 heteroatoms. The van der Waals surface area contributed by atoms with E-state index in [0.29, 0.717) is 61.3 Å². The molecule has 2 heterocycles. The van der Waals surface area contributed by atoms with Gasteiger partial charge in [-0.25, -0.2) is 0 Å². The van der Waals surface area contributed by atoms with Crippen LogP contribution in [0.4, 0.5) is 11.4 Å². The first-order valence-corrected chi connectivity index (χ1v) is 15.7. The second kappa shape index (κ2) is 16.8. The maximum Gasteiger partial charge on any atom is 0.286 e. The van der Waals surface area contributed by atoms with E-state index in [9.17, 15) is 9.59 Å². The molecule has 3 aromatic carbocycles. The van der Waals surface area contributed by atoms with Crippen molar-refractivity contribution in [2.45, 2.75) is 32.1 Å². The van der Waals surface area contributed by atoms with Gasteiger partial charge in [0, 0.05) is 37.2 Å². The summed E-state index contributed by atoms with van der Waals surface area (Å²) in [5, 5.41) is 14.6. The van der Waals surface area contributed by atoms with Crippen molar-refractivity contribution in [2.24, 2.45) is 5.92 Å². The van der Waals surface area contributed by atoms with Crippen LogP contribution >= 0.6 is 0 Å². The summed E-state index contributed by atoms with van der Waals surface area (Å²) in [6, 6.07) is 19.7. The Balaban J connectivity index is 1.26. The minimum atomic E-state index is -0.702. The monoisotopic (exact) mass is 647 g/mol. The van der Waals surface area contributed by atoms with Gasteiger partial charge in [-0.2, -0.15) is 0 Å². The molecule has 5 rings (SSSR count). The number of amides is 2. The molecule has 0 radical (unpaired) electrons. The topological polar surface area (TPSA) is 160 Å². The SMILES string of the molecule is CCO[C@H]1OC(C(=O)NCc2ccc(C(=O)Nc3ccccc3N)cc2)=C[C@@H](c2ccc3c(c2)OCO3)[C@@H]1CCOCCOCCO. The number of nitrogens with one attached hydrogen (secondary N) is 2. The van der Waals surface area contributed by atoms with Crippen molar-refractivity contribution >= 4 is 23.2 Å². The fourth-order valence-electron chi connectivity index (χ4n) is 5.39. The van der Waals surface area contributed by atoms with Gasteiger partial charge in [0.2, 0.25) is 13.1 Å². The van der Waals surface area contributed by atoms with Gasteiger partial charge in [0.05, 0.1) is 37.8 Å². The van der Waals surface area contributed by atoms with Crippen molar-refractivity contribution in [2.75, 3.05) is 57.5 Å². The molecule has 5 N–H and O–H groups in total. The van der Waals surface area contributed by atoms with Gasteiger partial charge in [0.1, 0.15) is 0 Å². The quantitative estimate of drug-likeness (QED) is 0.132. The number of hydrogen-bond acceptors (Lipinski definition) is 10. The van der Waals surface area contributed by atoms with Gasteiger partial charge in [0.15, 0.2) is 17.3 Å². The third-order valence-electron chi connectivity index (χ3n) is 7.80. The van der Waals surface area contributed by atoms with Gasteiger partial charge in [-0.15, -0.1) is 0 Å². The first-order chi connectivity index (χ1) is 23.0. The summed E-state index contributed by atoms with van der Waals surface area (Å²) in [7, 11) is 0. The Bertz CT molecular complexity index is 1530. The van der Waals surface area contributed by atoms with E-state index in [1.165, 1.54) is 0 Å². The summed E-state index contributed by atoms with van der Waals surface area (Å²) in [6.45, 7) is 4.05. The third kappa shape index (κ3) is 9.01. The van der Waals surface area contributed by atoms with Crippen LogP contribution in [0.1, 0.15) is 40.7 Å². The van der Waals surface area contributed by atoms with E-state index in [-0.39, 0.29) is 50.1 Å². The number of benzene rings is 3. The van der Waals surface area contributed by atoms with Gasteiger partial charge < -0.3 is 49.9 Å². The van der Waals surface area contributed by atoms with Crippen molar-refractivity contribution in [3.63, 3.8) is 0 Å². The first kappa shape index (κ1) is 33.7. The molecule has 2 aliphatic rings. The number of carbonyl (C=O) groups is 2. The Morgan fingerprint density at radius 2 is 1.70 bits per heavy atom. The predicted molar refractivity (Wildman–Crippen MR) is 174 cm³/mol. The van der Waals surface area contributed by atoms with E-state index in [0.717, 1.165) is 11.1 Å². The summed E-state index contributed by atoms with van der Waals surface area (Å²) >= 11 is 0. The molecular formula is C35H41N3O9. The lowest BCUT2D eigenvalue weighted by atomic mass is 9.81. The minimum absolute atomic E-state index is 0.0363. The highest BCUT2D eigenvalue weighted by atomic mass is 16.7. The average Bonchev–Trinajstić information content (AvgIpc) is 3.56. The number of carbonyl (C=O) groups excluding carboxylic acids is 2. The van der Waals surface area contributed by atoms with Crippen LogP contribution in [0.2, 0.25) is 0 Å². The lowest BCUT2D eigenvalue weighted by molar-refractivity contribution is -0.168. The number of aliphatic hydroxyl groups excluding tert-OH is 1. The number of hydrogen-bond donors (Lipinski definition) is 4. The fourth-order valence-corrected chi connectivity index (χ4v) is 5.39. The zero-order valence-corrected chi connectivity index (χ0v) is 26.3. The van der Waals surface area contributed by atoms with Crippen LogP contribution in [-0.2, 0) is 30.3 Å². The van der Waals surface area contributed by atoms with Crippen molar-refractivity contribution < 1.29 is 43.1 Å². The molecule has 47 heavy (non-hydrogen) atoms. The molecule has 0 aromatic heterocycles. The van der Waals surface area contributed by atoms with Crippen molar-refractivity contribution in [3.8, 4) is 11.5 Å². The Hall–Kier alpha value is -4.62. The Morgan fingerprint density at radius 1 is 0.936 bits per heavy atom. The number of anilines is 2. The molecule has 0 bridgehead atoms. The summed E-state index contributed by atoms with van der Waals surface area (Å²) in [6.07, 6.45) is 1.71. The summed E-state index contributed by atoms with van der Waals surface area (Å²) in [5.74, 6) is 0.359. The van der Waals surface area contributed by atoms with E-state index in [4.69, 9.17) is 39.3 Å². The smallest absolute Gasteiger partial charge is 0.286 e. The molecule has 0 unspecified atom stereocenters. The summed E-state index contributed by atoms with van der Waals surface area (Å²) < 4.78 is 34.4. The second-order valence-corrected chi connectivity index (χ2v) is 10.9. The van der Waals surface area contributed by atoms with E-state index in [1.54, 1.807) is 48.5 Å². The molecule has 250 valence electrons. The fraction of sp³-hybridized carbons (Fsp3) is 0.371. The predicted octanol–water partition coefficient (Wildman–Crippen LogP) is 3.96. The van der Waals surface area contributed by atoms with Gasteiger partial charge in [-0.1, -0.05) is 30.3 Å². The van der Waals surface area contributed by atoms with Gasteiger partial charge in [0.25, 0.3) is 11.8 Å². The number of fused-ring (bicyclic) bond motifs is 1. The van der Waals surface area contributed by atoms with Crippen LogP contribution in [0.15, 0.2) is 78.6 Å². The molecule has 2 aliphatic heterocycles. The number of nitrogen functional groups attached to an aromatic ring is 1. The number of aliphatic hydroxyl groups is 1. The molecule has 2 amide bonds. The van der Waals surface area contributed by atoms with Gasteiger partial charge in [-0.05, 0) is 66.9 Å². The molecule has 0 fully saturated rings. The number of ether oxygens (including phenoxy) is 6. The van der Waals surface area contributed by atoms with Crippen LogP contribution in [0.3, 0.4) is 0 Å². The van der Waals surface area contributed by atoms with E-state index >= 15 is 0 Å². The highest BCUT2D eigenvalue weighted by molar-refractivity contribution is 6.05. The van der Waals surface area contributed by atoms with E-state index in [1.807, 2.05) is 31.2 Å². The molecule has 0 aliphatic carbocycles. The number of allylic oxidation sites excluding steroid dienone is 1. The molecular weight excluding hydrogens is 606 g/mol. The average molecular weight is 648 g/mol. The molecule has 0 saturated heterocycles. The van der Waals surface area contributed by atoms with Crippen molar-refractivity contribution in [3.05, 3.63) is 95.3 Å². The summed E-state index contributed by atoms with van der Waals surface area (Å²) in [4.78, 5) is 26.1. The Labute approximate surface area is 273 Å². The zero-order valence-electron chi connectivity index (χ0n) is 26.3. The van der Waals surface area contributed by atoms with Crippen LogP contribution in [0, 0.1) is 5.92 Å². The molecule has 12 nitrogen and oxygen atoms in total. The standard InChI is InChI=1S/C35H41N3O9/c1-2-44-35-26(13-15-42-17-18-43-16-14-39)27(25-11-12-30-31(19-25)46-22-45-30)20-32(47-35)34(41)37-21-23-7-9-24(10-8-23)33(40)38-29-6-4-3-5-28(29)36/h3-12,19-20,26-27,35,39H,2,13-18,21-22,36H2,1H3,(H,37,41)(H,38,40)/t26-,27-,35-/m0/s1. The van der Waals surface area contributed by atoms with Crippen LogP contribution in [0.5, 0.6) is 11.5 Å². The van der Waals surface area contributed by atoms with Crippen molar-refractivity contribution in [1.29, 1.82) is 0 Å². The number of rotatable bonds is 16. The minimum Gasteiger partial charge on any atom is -0.459 e. The van der Waals surface area contributed by atoms with Gasteiger partial charge >= 0.3 is 0 Å². The Morgan fingerprint density at radius 3 is 2.47 bits per heavy atom. The Kier molecular flexibility index (Phi) is 12.1. The number of nitrogens with two attached hydrogens (primary N) is 1. The maximum absolute atomic E-state index is 13.5. The molecule has 3 atom stereocenters. The number of para-hydroxylation sites is 2. The van der Waals surface area contributed by atoms with Gasteiger partial charge in [-0.3, -0.25) is 9.59 Å². The summed E-state index contributed by atoms with van der Waals surface area (Å²) in [5.41, 5.74) is 9.14. The second-order valence-electron chi connectivity index (χ2n) is 10.9. The molecule has 0 spiro atoms. The van der Waals surface area contributed by atoms with Crippen LogP contribution in [-0.4, -0.2) is 69.6 Å². The van der Waals surface area contributed by atoms with Crippen LogP contribution in [0.25, 0.3) is 0 Å². The molecule has 0 saturated carbocycles. The molecule has 3 aromatic rings. The normalized spacial score (nSPS) is 18.3. The van der Waals surface area contributed by atoms with E-state index in [2.05, 4.69) is 10.6 Å². The van der Waals surface area contributed by atoms with Crippen molar-refractivity contribution in [1.82, 2.24) is 5.32 Å². The highest BCUT2D eigenvalue weighted by Crippen LogP contribution is 2.42. The zero-order chi connectivity index (χ0) is 33.0. The van der Waals surface area contributed by atoms with Crippen LogP contribution < -0.4 is 25.8 Å². The lowest BCUT2D eigenvalue weighted by Crippen LogP contribution is -2.39. The largest absolute Gasteiger partial charge is 0.459 e. The lowest BCUT2D eigenvalue weighted by Gasteiger charge is -2.37. The highest BCUT2D eigenvalue weighted by Gasteiger charge is 2.38.